The number of carbonyl (C=O) groups excluding carboxylic acids is 2. The standard InChI is InChI=1S/C27H33N9O4/c1-13-8-21(32-23-22(13)15(3)33-36(23)27(24(28)37)11-14(27)2)31-20-10-18-19(12-29-20)34(4)26(39)35(18)17-7-6-16(9-17)30-25(38)40-5/h8,10,12,14,16-17H,6-7,9,11H2,1-5H3,(H2,28,37)(H,30,38)(H,29,31,32)/t14-,16+,17+,27-/m0/s1/i4D3,16D. The number of aromatic nitrogens is 6. The molecular formula is C27H33N9O4. The van der Waals surface area contributed by atoms with Crippen molar-refractivity contribution in [1.29, 1.82) is 0 Å². The first-order chi connectivity index (χ1) is 20.6. The molecule has 0 spiro atoms. The molecule has 4 N–H and O–H groups in total. The summed E-state index contributed by atoms with van der Waals surface area (Å²) in [6.07, 6.45) is 1.75. The van der Waals surface area contributed by atoms with Crippen molar-refractivity contribution >= 4 is 45.7 Å². The number of fused-ring (bicyclic) bond motifs is 2. The Labute approximate surface area is 235 Å². The molecule has 2 fully saturated rings. The second-order valence-corrected chi connectivity index (χ2v) is 10.7. The number of nitrogens with zero attached hydrogens (tertiary/aromatic N) is 6. The highest BCUT2D eigenvalue weighted by Gasteiger charge is 2.60. The minimum Gasteiger partial charge on any atom is -0.453 e. The maximum Gasteiger partial charge on any atom is 0.407 e. The Morgan fingerprint density at radius 2 is 2.02 bits per heavy atom. The second-order valence-electron chi connectivity index (χ2n) is 10.7. The second kappa shape index (κ2) is 9.07. The number of anilines is 2. The zero-order valence-electron chi connectivity index (χ0n) is 26.6. The van der Waals surface area contributed by atoms with Crippen LogP contribution in [0, 0.1) is 19.8 Å². The molecule has 40 heavy (non-hydrogen) atoms. The van der Waals surface area contributed by atoms with Crippen LogP contribution in [-0.2, 0) is 22.0 Å². The smallest absolute Gasteiger partial charge is 0.407 e. The highest BCUT2D eigenvalue weighted by molar-refractivity contribution is 5.91. The van der Waals surface area contributed by atoms with Crippen molar-refractivity contribution in [3.05, 3.63) is 40.1 Å². The molecular weight excluding hydrogens is 514 g/mol. The molecule has 2 amide bonds. The van der Waals surface area contributed by atoms with E-state index in [0.29, 0.717) is 34.4 Å². The van der Waals surface area contributed by atoms with Crippen LogP contribution in [0.25, 0.3) is 22.1 Å². The Hall–Kier alpha value is -4.42. The predicted molar refractivity (Wildman–Crippen MR) is 148 cm³/mol. The number of amides is 2. The summed E-state index contributed by atoms with van der Waals surface area (Å²) in [5, 5.41) is 11.1. The first kappa shape index (κ1) is 21.4. The van der Waals surface area contributed by atoms with Gasteiger partial charge in [0.05, 0.1) is 31.4 Å². The van der Waals surface area contributed by atoms with Gasteiger partial charge in [0.25, 0.3) is 0 Å². The summed E-state index contributed by atoms with van der Waals surface area (Å²) in [4.78, 5) is 47.1. The topological polar surface area (TPSA) is 164 Å². The van der Waals surface area contributed by atoms with E-state index in [1.54, 1.807) is 10.7 Å². The van der Waals surface area contributed by atoms with Crippen molar-refractivity contribution in [2.75, 3.05) is 12.4 Å². The number of carbonyl (C=O) groups is 2. The van der Waals surface area contributed by atoms with E-state index in [1.165, 1.54) is 17.9 Å². The normalized spacial score (nSPS) is 27.6. The van der Waals surface area contributed by atoms with Gasteiger partial charge in [-0.3, -0.25) is 13.9 Å². The van der Waals surface area contributed by atoms with E-state index in [-0.39, 0.29) is 30.1 Å². The van der Waals surface area contributed by atoms with Crippen molar-refractivity contribution < 1.29 is 19.8 Å². The largest absolute Gasteiger partial charge is 0.453 e. The Bertz CT molecular complexity index is 1920. The van der Waals surface area contributed by atoms with Gasteiger partial charge >= 0.3 is 11.8 Å². The Balaban J connectivity index is 1.43. The number of hydrogen-bond donors (Lipinski definition) is 3. The number of nitrogens with one attached hydrogen (secondary N) is 2. The molecule has 0 radical (unpaired) electrons. The average Bonchev–Trinajstić information content (AvgIpc) is 3.15. The number of imidazole rings is 1. The van der Waals surface area contributed by atoms with Gasteiger partial charge in [0.2, 0.25) is 5.91 Å². The fraction of sp³-hybridized carbons (Fsp3) is 0.481. The minimum atomic E-state index is -2.78. The van der Waals surface area contributed by atoms with Crippen LogP contribution in [0.4, 0.5) is 16.4 Å². The molecule has 4 aromatic heterocycles. The van der Waals surface area contributed by atoms with E-state index < -0.39 is 42.3 Å². The average molecular weight is 552 g/mol. The van der Waals surface area contributed by atoms with Gasteiger partial charge in [-0.05, 0) is 57.1 Å². The Morgan fingerprint density at radius 3 is 2.70 bits per heavy atom. The molecule has 0 bridgehead atoms. The zero-order chi connectivity index (χ0) is 31.9. The monoisotopic (exact) mass is 551 g/mol. The lowest BCUT2D eigenvalue weighted by molar-refractivity contribution is -0.123. The molecule has 2 aliphatic rings. The molecule has 4 atom stereocenters. The number of rotatable bonds is 6. The van der Waals surface area contributed by atoms with Gasteiger partial charge in [0.15, 0.2) is 5.65 Å². The van der Waals surface area contributed by atoms with Crippen LogP contribution in [0.2, 0.25) is 0 Å². The molecule has 2 aliphatic carbocycles. The van der Waals surface area contributed by atoms with Gasteiger partial charge in [-0.25, -0.2) is 24.2 Å². The van der Waals surface area contributed by atoms with E-state index in [2.05, 4.69) is 25.5 Å². The van der Waals surface area contributed by atoms with Crippen molar-refractivity contribution in [2.24, 2.45) is 18.6 Å². The molecule has 6 rings (SSSR count). The maximum atomic E-state index is 13.6. The lowest BCUT2D eigenvalue weighted by Crippen LogP contribution is -2.36. The van der Waals surface area contributed by atoms with Crippen LogP contribution < -0.4 is 22.1 Å². The molecule has 4 aromatic rings. The number of alkyl carbamates (subject to hydrolysis) is 1. The van der Waals surface area contributed by atoms with Crippen molar-refractivity contribution in [3.8, 4) is 0 Å². The van der Waals surface area contributed by atoms with Crippen LogP contribution in [0.15, 0.2) is 23.1 Å². The minimum absolute atomic E-state index is 0.00477. The van der Waals surface area contributed by atoms with E-state index in [1.807, 2.05) is 26.8 Å². The van der Waals surface area contributed by atoms with E-state index in [4.69, 9.17) is 16.2 Å². The number of aryl methyl sites for hydroxylation is 3. The number of primary amides is 1. The van der Waals surface area contributed by atoms with Crippen LogP contribution >= 0.6 is 0 Å². The summed E-state index contributed by atoms with van der Waals surface area (Å²) in [6.45, 7) is 2.91. The molecule has 0 saturated heterocycles. The van der Waals surface area contributed by atoms with Crippen LogP contribution in [0.3, 0.4) is 0 Å². The van der Waals surface area contributed by atoms with Gasteiger partial charge < -0.3 is 21.1 Å². The fourth-order valence-electron chi connectivity index (χ4n) is 6.02. The van der Waals surface area contributed by atoms with Crippen LogP contribution in [-0.4, -0.2) is 54.0 Å². The third kappa shape index (κ3) is 3.82. The SMILES string of the molecule is [2H]C([2H])([2H])n1c(=O)n([C@@H]2CC[C@@]([2H])(NC(=O)OC)C2)c2cc(Nc3cc(C)c4c(C)nn([C@@]5(C(N)=O)C[C@@H]5C)c4n3)ncc21. The van der Waals surface area contributed by atoms with E-state index >= 15 is 0 Å². The predicted octanol–water partition coefficient (Wildman–Crippen LogP) is 2.51. The number of ether oxygens (including phenoxy) is 1. The fourth-order valence-corrected chi connectivity index (χ4v) is 6.02. The molecule has 13 nitrogen and oxygen atoms in total. The highest BCUT2D eigenvalue weighted by Crippen LogP contribution is 2.51. The number of hydrogen-bond acceptors (Lipinski definition) is 8. The summed E-state index contributed by atoms with van der Waals surface area (Å²) in [5.41, 5.74) is 6.56. The van der Waals surface area contributed by atoms with Crippen molar-refractivity contribution in [3.63, 3.8) is 0 Å². The van der Waals surface area contributed by atoms with Gasteiger partial charge in [-0.1, -0.05) is 6.92 Å². The number of nitrogens with two attached hydrogens (primary N) is 1. The lowest BCUT2D eigenvalue weighted by Gasteiger charge is -2.15. The quantitative estimate of drug-likeness (QED) is 0.329. The van der Waals surface area contributed by atoms with Gasteiger partial charge in [0.1, 0.15) is 17.2 Å². The number of methoxy groups -OCH3 is 1. The molecule has 0 unspecified atom stereocenters. The van der Waals surface area contributed by atoms with Gasteiger partial charge in [-0.15, -0.1) is 0 Å². The van der Waals surface area contributed by atoms with Crippen LogP contribution in [0.1, 0.15) is 55.4 Å². The Morgan fingerprint density at radius 1 is 1.25 bits per heavy atom. The first-order valence-electron chi connectivity index (χ1n) is 15.0. The first-order valence-corrected chi connectivity index (χ1v) is 13.0. The lowest BCUT2D eigenvalue weighted by atomic mass is 10.1. The highest BCUT2D eigenvalue weighted by atomic mass is 16.5. The molecule has 0 aliphatic heterocycles. The number of pyridine rings is 2. The maximum absolute atomic E-state index is 13.6. The zero-order valence-corrected chi connectivity index (χ0v) is 22.6. The van der Waals surface area contributed by atoms with Crippen LogP contribution in [0.5, 0.6) is 0 Å². The van der Waals surface area contributed by atoms with Crippen molar-refractivity contribution in [2.45, 2.75) is 64.1 Å². The van der Waals surface area contributed by atoms with Gasteiger partial charge in [0, 0.05) is 34.6 Å². The van der Waals surface area contributed by atoms with E-state index in [0.717, 1.165) is 16.6 Å². The molecule has 2 saturated carbocycles. The molecule has 4 heterocycles. The summed E-state index contributed by atoms with van der Waals surface area (Å²) < 4.78 is 41.0. The molecule has 210 valence electrons. The molecule has 13 heteroatoms. The summed E-state index contributed by atoms with van der Waals surface area (Å²) in [6, 6.07) is 1.41. The summed E-state index contributed by atoms with van der Waals surface area (Å²) >= 11 is 0. The van der Waals surface area contributed by atoms with E-state index in [9.17, 15) is 14.4 Å². The Kier molecular flexibility index (Phi) is 4.85. The molecule has 0 aromatic carbocycles. The summed E-state index contributed by atoms with van der Waals surface area (Å²) in [7, 11) is 1.20. The van der Waals surface area contributed by atoms with Crippen molar-refractivity contribution in [1.82, 2.24) is 34.2 Å². The summed E-state index contributed by atoms with van der Waals surface area (Å²) in [5.74, 6) is 0.218. The third-order valence-electron chi connectivity index (χ3n) is 8.19. The third-order valence-corrected chi connectivity index (χ3v) is 8.19. The van der Waals surface area contributed by atoms with Gasteiger partial charge in [-0.2, -0.15) is 5.10 Å².